The summed E-state index contributed by atoms with van der Waals surface area (Å²) in [6, 6.07) is 3.11. The number of carboxylic acids is 1. The van der Waals surface area contributed by atoms with Gasteiger partial charge in [-0.2, -0.15) is 0 Å². The van der Waals surface area contributed by atoms with Gasteiger partial charge in [0.1, 0.15) is 5.75 Å². The van der Waals surface area contributed by atoms with Crippen LogP contribution in [0, 0.1) is 6.92 Å². The van der Waals surface area contributed by atoms with Crippen molar-refractivity contribution in [1.82, 2.24) is 0 Å². The third-order valence-electron chi connectivity index (χ3n) is 2.09. The van der Waals surface area contributed by atoms with Crippen LogP contribution in [0.4, 0.5) is 0 Å². The van der Waals surface area contributed by atoms with E-state index in [1.807, 2.05) is 0 Å². The van der Waals surface area contributed by atoms with Crippen molar-refractivity contribution in [1.29, 1.82) is 0 Å². The third-order valence-corrected chi connectivity index (χ3v) is 2.30. The molecule has 0 bridgehead atoms. The zero-order valence-corrected chi connectivity index (χ0v) is 10.1. The van der Waals surface area contributed by atoms with E-state index in [4.69, 9.17) is 21.4 Å². The van der Waals surface area contributed by atoms with Gasteiger partial charge in [0.15, 0.2) is 5.78 Å². The lowest BCUT2D eigenvalue weighted by Crippen LogP contribution is -2.02. The number of carbonyl (C=O) groups is 2. The lowest BCUT2D eigenvalue weighted by molar-refractivity contribution is -0.131. The summed E-state index contributed by atoms with van der Waals surface area (Å²) in [5.41, 5.74) is 0.960. The molecule has 0 fully saturated rings. The van der Waals surface area contributed by atoms with Gasteiger partial charge in [0.05, 0.1) is 12.7 Å². The predicted octanol–water partition coefficient (Wildman–Crippen LogP) is 2.48. The van der Waals surface area contributed by atoms with Crippen LogP contribution in [0.2, 0.25) is 5.02 Å². The molecule has 0 saturated carbocycles. The van der Waals surface area contributed by atoms with E-state index >= 15 is 0 Å². The molecule has 1 aromatic carbocycles. The van der Waals surface area contributed by atoms with Gasteiger partial charge in [-0.25, -0.2) is 4.79 Å². The van der Waals surface area contributed by atoms with Crippen LogP contribution in [-0.4, -0.2) is 24.0 Å². The smallest absolute Gasteiger partial charge is 0.328 e. The summed E-state index contributed by atoms with van der Waals surface area (Å²) < 4.78 is 5.10. The maximum Gasteiger partial charge on any atom is 0.328 e. The highest BCUT2D eigenvalue weighted by Gasteiger charge is 2.13. The van der Waals surface area contributed by atoms with Gasteiger partial charge >= 0.3 is 5.97 Å². The van der Waals surface area contributed by atoms with Crippen LogP contribution >= 0.6 is 11.6 Å². The van der Waals surface area contributed by atoms with Gasteiger partial charge in [0.25, 0.3) is 0 Å². The highest BCUT2D eigenvalue weighted by molar-refractivity contribution is 6.31. The quantitative estimate of drug-likeness (QED) is 0.662. The lowest BCUT2D eigenvalue weighted by atomic mass is 10.1. The number of aliphatic carboxylic acids is 1. The Labute approximate surface area is 103 Å². The van der Waals surface area contributed by atoms with E-state index < -0.39 is 11.8 Å². The largest absolute Gasteiger partial charge is 0.496 e. The van der Waals surface area contributed by atoms with E-state index in [9.17, 15) is 9.59 Å². The SMILES string of the molecule is COc1c(C)cc(Cl)cc1C(=O)/C=C/C(=O)O. The molecule has 0 unspecified atom stereocenters. The molecule has 0 radical (unpaired) electrons. The van der Waals surface area contributed by atoms with Gasteiger partial charge in [0.2, 0.25) is 0 Å². The standard InChI is InChI=1S/C12H11ClO4/c1-7-5-8(13)6-9(12(7)17-2)10(14)3-4-11(15)16/h3-6H,1-2H3,(H,15,16)/b4-3+. The molecule has 0 aliphatic heterocycles. The van der Waals surface area contributed by atoms with Gasteiger partial charge in [-0.15, -0.1) is 0 Å². The van der Waals surface area contributed by atoms with Crippen molar-refractivity contribution < 1.29 is 19.4 Å². The van der Waals surface area contributed by atoms with Crippen molar-refractivity contribution in [2.45, 2.75) is 6.92 Å². The van der Waals surface area contributed by atoms with Crippen molar-refractivity contribution in [3.63, 3.8) is 0 Å². The summed E-state index contributed by atoms with van der Waals surface area (Å²) in [6.07, 6.45) is 1.74. The second kappa shape index (κ2) is 5.50. The van der Waals surface area contributed by atoms with E-state index in [1.165, 1.54) is 13.2 Å². The fourth-order valence-corrected chi connectivity index (χ4v) is 1.69. The Morgan fingerprint density at radius 3 is 2.53 bits per heavy atom. The first kappa shape index (κ1) is 13.3. The number of carboxylic acid groups (broad SMARTS) is 1. The lowest BCUT2D eigenvalue weighted by Gasteiger charge is -2.09. The number of hydrogen-bond donors (Lipinski definition) is 1. The summed E-state index contributed by atoms with van der Waals surface area (Å²) in [5.74, 6) is -1.25. The first-order valence-corrected chi connectivity index (χ1v) is 5.13. The number of rotatable bonds is 4. The van der Waals surface area contributed by atoms with E-state index in [0.29, 0.717) is 16.3 Å². The molecule has 90 valence electrons. The van der Waals surface area contributed by atoms with Crippen LogP contribution in [0.25, 0.3) is 0 Å². The number of methoxy groups -OCH3 is 1. The Morgan fingerprint density at radius 1 is 1.35 bits per heavy atom. The summed E-state index contributed by atoms with van der Waals surface area (Å²) in [4.78, 5) is 22.1. The first-order chi connectivity index (χ1) is 7.95. The van der Waals surface area contributed by atoms with E-state index in [0.717, 1.165) is 12.2 Å². The van der Waals surface area contributed by atoms with Crippen molar-refractivity contribution in [3.05, 3.63) is 40.4 Å². The maximum absolute atomic E-state index is 11.7. The molecular weight excluding hydrogens is 244 g/mol. The van der Waals surface area contributed by atoms with Crippen molar-refractivity contribution in [2.75, 3.05) is 7.11 Å². The maximum atomic E-state index is 11.7. The topological polar surface area (TPSA) is 63.6 Å². The third kappa shape index (κ3) is 3.32. The summed E-state index contributed by atoms with van der Waals surface area (Å²) in [6.45, 7) is 1.75. The number of allylic oxidation sites excluding steroid dienone is 1. The molecule has 0 saturated heterocycles. The van der Waals surface area contributed by atoms with Gasteiger partial charge in [-0.1, -0.05) is 11.6 Å². The molecule has 4 nitrogen and oxygen atoms in total. The summed E-state index contributed by atoms with van der Waals surface area (Å²) >= 11 is 5.84. The molecule has 0 heterocycles. The number of benzene rings is 1. The summed E-state index contributed by atoms with van der Waals surface area (Å²) in [7, 11) is 1.44. The van der Waals surface area contributed by atoms with Gasteiger partial charge in [-0.05, 0) is 30.7 Å². The first-order valence-electron chi connectivity index (χ1n) is 4.75. The fraction of sp³-hybridized carbons (Fsp3) is 0.167. The molecule has 0 spiro atoms. The fourth-order valence-electron chi connectivity index (χ4n) is 1.42. The molecule has 1 rings (SSSR count). The zero-order chi connectivity index (χ0) is 13.0. The molecule has 0 aliphatic rings. The Balaban J connectivity index is 3.20. The number of halogens is 1. The molecular formula is C12H11ClO4. The second-order valence-electron chi connectivity index (χ2n) is 3.34. The summed E-state index contributed by atoms with van der Waals surface area (Å²) in [5, 5.41) is 8.85. The number of carbonyl (C=O) groups excluding carboxylic acids is 1. The minimum absolute atomic E-state index is 0.245. The Hall–Kier alpha value is -1.81. The second-order valence-corrected chi connectivity index (χ2v) is 3.78. The number of aryl methyl sites for hydroxylation is 1. The Morgan fingerprint density at radius 2 is 2.00 bits per heavy atom. The average molecular weight is 255 g/mol. The molecule has 0 atom stereocenters. The molecule has 0 aromatic heterocycles. The minimum atomic E-state index is -1.18. The highest BCUT2D eigenvalue weighted by atomic mass is 35.5. The zero-order valence-electron chi connectivity index (χ0n) is 9.36. The van der Waals surface area contributed by atoms with Gasteiger partial charge < -0.3 is 9.84 Å². The molecule has 1 aromatic rings. The molecule has 0 amide bonds. The van der Waals surface area contributed by atoms with Crippen LogP contribution in [0.15, 0.2) is 24.3 Å². The van der Waals surface area contributed by atoms with Gasteiger partial charge in [-0.3, -0.25) is 4.79 Å². The van der Waals surface area contributed by atoms with Crippen LogP contribution in [-0.2, 0) is 4.79 Å². The monoisotopic (exact) mass is 254 g/mol. The normalized spacial score (nSPS) is 10.5. The Bertz CT molecular complexity index is 492. The van der Waals surface area contributed by atoms with Gasteiger partial charge in [0, 0.05) is 11.1 Å². The van der Waals surface area contributed by atoms with Crippen molar-refractivity contribution in [2.24, 2.45) is 0 Å². The molecule has 1 N–H and O–H groups in total. The highest BCUT2D eigenvalue weighted by Crippen LogP contribution is 2.28. The molecule has 17 heavy (non-hydrogen) atoms. The minimum Gasteiger partial charge on any atom is -0.496 e. The van der Waals surface area contributed by atoms with E-state index in [-0.39, 0.29) is 5.56 Å². The van der Waals surface area contributed by atoms with Crippen molar-refractivity contribution in [3.8, 4) is 5.75 Å². The van der Waals surface area contributed by atoms with Crippen LogP contribution in [0.5, 0.6) is 5.75 Å². The van der Waals surface area contributed by atoms with Crippen LogP contribution in [0.1, 0.15) is 15.9 Å². The number of ether oxygens (including phenoxy) is 1. The van der Waals surface area contributed by atoms with Crippen LogP contribution in [0.3, 0.4) is 0 Å². The Kier molecular flexibility index (Phi) is 4.29. The molecule has 0 aliphatic carbocycles. The number of ketones is 1. The average Bonchev–Trinajstić information content (AvgIpc) is 2.24. The predicted molar refractivity (Wildman–Crippen MR) is 63.8 cm³/mol. The van der Waals surface area contributed by atoms with E-state index in [2.05, 4.69) is 0 Å². The van der Waals surface area contributed by atoms with Crippen molar-refractivity contribution >= 4 is 23.4 Å². The van der Waals surface area contributed by atoms with E-state index in [1.54, 1.807) is 13.0 Å². The molecule has 5 heteroatoms. The number of hydrogen-bond acceptors (Lipinski definition) is 3. The van der Waals surface area contributed by atoms with Crippen LogP contribution < -0.4 is 4.74 Å².